The third-order valence-corrected chi connectivity index (χ3v) is 3.24. The molecule has 1 aliphatic rings. The van der Waals surface area contributed by atoms with Crippen molar-refractivity contribution in [2.24, 2.45) is 0 Å². The van der Waals surface area contributed by atoms with Gasteiger partial charge in [-0.25, -0.2) is 0 Å². The molecule has 3 nitrogen and oxygen atoms in total. The van der Waals surface area contributed by atoms with Crippen LogP contribution in [0.1, 0.15) is 18.4 Å². The summed E-state index contributed by atoms with van der Waals surface area (Å²) in [6.45, 7) is 5.90. The Morgan fingerprint density at radius 2 is 1.94 bits per heavy atom. The topological polar surface area (TPSA) is 29.5 Å². The van der Waals surface area contributed by atoms with Gasteiger partial charge in [0.15, 0.2) is 0 Å². The first kappa shape index (κ1) is 12.3. The quantitative estimate of drug-likeness (QED) is 0.792. The first-order chi connectivity index (χ1) is 8.27. The normalized spacial score (nSPS) is 18.9. The Labute approximate surface area is 102 Å². The van der Waals surface area contributed by atoms with Gasteiger partial charge in [-0.05, 0) is 12.5 Å². The second-order valence-corrected chi connectivity index (χ2v) is 4.49. The van der Waals surface area contributed by atoms with Crippen LogP contribution in [0.25, 0.3) is 0 Å². The highest BCUT2D eigenvalue weighted by atomic mass is 16.5. The number of benzene rings is 1. The van der Waals surface area contributed by atoms with E-state index in [2.05, 4.69) is 4.90 Å². The van der Waals surface area contributed by atoms with E-state index in [0.29, 0.717) is 0 Å². The molecule has 1 atom stereocenters. The monoisotopic (exact) mass is 233 g/mol. The van der Waals surface area contributed by atoms with E-state index in [0.717, 1.165) is 38.4 Å². The van der Waals surface area contributed by atoms with Crippen LogP contribution in [0, 0.1) is 0 Å². The van der Waals surface area contributed by atoms with Crippen molar-refractivity contribution in [2.75, 3.05) is 32.8 Å². The molecular formula is C14H19NO2. The first-order valence-electron chi connectivity index (χ1n) is 6.13. The first-order valence-corrected chi connectivity index (χ1v) is 6.13. The largest absolute Gasteiger partial charge is 0.379 e. The Hall–Kier alpha value is -1.19. The molecule has 0 aromatic heterocycles. The lowest BCUT2D eigenvalue weighted by Gasteiger charge is -2.29. The Morgan fingerprint density at radius 3 is 2.53 bits per heavy atom. The molecule has 1 saturated heterocycles. The maximum Gasteiger partial charge on any atom is 0.138 e. The van der Waals surface area contributed by atoms with Gasteiger partial charge in [-0.15, -0.1) is 0 Å². The number of rotatable bonds is 4. The van der Waals surface area contributed by atoms with Gasteiger partial charge in [-0.2, -0.15) is 0 Å². The van der Waals surface area contributed by atoms with E-state index < -0.39 is 0 Å². The van der Waals surface area contributed by atoms with E-state index in [4.69, 9.17) is 4.74 Å². The average Bonchev–Trinajstić information content (AvgIpc) is 2.38. The summed E-state index contributed by atoms with van der Waals surface area (Å²) in [7, 11) is 0. The summed E-state index contributed by atoms with van der Waals surface area (Å²) < 4.78 is 5.32. The molecule has 1 aliphatic heterocycles. The lowest BCUT2D eigenvalue weighted by molar-refractivity contribution is -0.119. The number of morpholine rings is 1. The lowest BCUT2D eigenvalue weighted by atomic mass is 9.95. The van der Waals surface area contributed by atoms with Crippen molar-refractivity contribution < 1.29 is 9.53 Å². The van der Waals surface area contributed by atoms with Crippen molar-refractivity contribution in [3.05, 3.63) is 35.9 Å². The zero-order valence-electron chi connectivity index (χ0n) is 10.3. The van der Waals surface area contributed by atoms with Crippen LogP contribution < -0.4 is 0 Å². The third-order valence-electron chi connectivity index (χ3n) is 3.24. The van der Waals surface area contributed by atoms with E-state index in [9.17, 15) is 4.79 Å². The van der Waals surface area contributed by atoms with E-state index >= 15 is 0 Å². The zero-order chi connectivity index (χ0) is 12.1. The fourth-order valence-corrected chi connectivity index (χ4v) is 2.20. The molecule has 1 fully saturated rings. The molecule has 1 heterocycles. The number of ether oxygens (including phenoxy) is 1. The molecule has 1 aromatic rings. The molecule has 17 heavy (non-hydrogen) atoms. The van der Waals surface area contributed by atoms with Gasteiger partial charge in [-0.1, -0.05) is 30.3 Å². The molecule has 0 spiro atoms. The molecular weight excluding hydrogens is 214 g/mol. The van der Waals surface area contributed by atoms with Crippen molar-refractivity contribution in [3.63, 3.8) is 0 Å². The molecule has 3 heteroatoms. The maximum atomic E-state index is 11.8. The fourth-order valence-electron chi connectivity index (χ4n) is 2.20. The molecule has 0 aliphatic carbocycles. The van der Waals surface area contributed by atoms with Crippen LogP contribution in [0.4, 0.5) is 0 Å². The summed E-state index contributed by atoms with van der Waals surface area (Å²) in [5.74, 6) is 0.233. The summed E-state index contributed by atoms with van der Waals surface area (Å²) in [4.78, 5) is 14.1. The van der Waals surface area contributed by atoms with Gasteiger partial charge in [-0.3, -0.25) is 9.69 Å². The van der Waals surface area contributed by atoms with Gasteiger partial charge in [0.1, 0.15) is 5.78 Å². The van der Waals surface area contributed by atoms with Crippen LogP contribution >= 0.6 is 0 Å². The highest BCUT2D eigenvalue weighted by Gasteiger charge is 2.21. The second-order valence-electron chi connectivity index (χ2n) is 4.49. The molecule has 2 rings (SSSR count). The van der Waals surface area contributed by atoms with E-state index in [1.807, 2.05) is 30.3 Å². The van der Waals surface area contributed by atoms with Gasteiger partial charge in [0.05, 0.1) is 19.1 Å². The molecule has 0 saturated carbocycles. The van der Waals surface area contributed by atoms with Crippen LogP contribution in [-0.2, 0) is 9.53 Å². The number of hydrogen-bond acceptors (Lipinski definition) is 3. The fraction of sp³-hybridized carbons (Fsp3) is 0.500. The summed E-state index contributed by atoms with van der Waals surface area (Å²) in [5.41, 5.74) is 1.12. The maximum absolute atomic E-state index is 11.8. The Balaban J connectivity index is 2.05. The number of carbonyl (C=O) groups excluding carboxylic acids is 1. The van der Waals surface area contributed by atoms with E-state index in [-0.39, 0.29) is 11.7 Å². The van der Waals surface area contributed by atoms with Crippen LogP contribution in [0.3, 0.4) is 0 Å². The number of ketones is 1. The minimum atomic E-state index is -0.00528. The number of hydrogen-bond donors (Lipinski definition) is 0. The van der Waals surface area contributed by atoms with Gasteiger partial charge in [0.2, 0.25) is 0 Å². The SMILES string of the molecule is CC(=O)C(CN1CCOCC1)c1ccccc1. The highest BCUT2D eigenvalue weighted by molar-refractivity contribution is 5.83. The van der Waals surface area contributed by atoms with Crippen molar-refractivity contribution in [1.29, 1.82) is 0 Å². The number of nitrogens with zero attached hydrogens (tertiary/aromatic N) is 1. The lowest BCUT2D eigenvalue weighted by Crippen LogP contribution is -2.40. The molecule has 0 radical (unpaired) electrons. The van der Waals surface area contributed by atoms with Gasteiger partial charge in [0, 0.05) is 19.6 Å². The van der Waals surface area contributed by atoms with Crippen molar-refractivity contribution in [1.82, 2.24) is 4.90 Å². The third kappa shape index (κ3) is 3.38. The minimum Gasteiger partial charge on any atom is -0.379 e. The summed E-state index contributed by atoms with van der Waals surface area (Å²) >= 11 is 0. The predicted molar refractivity (Wildman–Crippen MR) is 67.1 cm³/mol. The Kier molecular flexibility index (Phi) is 4.29. The molecule has 92 valence electrons. The van der Waals surface area contributed by atoms with Gasteiger partial charge in [0.25, 0.3) is 0 Å². The van der Waals surface area contributed by atoms with Crippen LogP contribution in [0.2, 0.25) is 0 Å². The minimum absolute atomic E-state index is 0.00528. The van der Waals surface area contributed by atoms with Crippen molar-refractivity contribution in [2.45, 2.75) is 12.8 Å². The van der Waals surface area contributed by atoms with Crippen molar-refractivity contribution in [3.8, 4) is 0 Å². The molecule has 0 N–H and O–H groups in total. The van der Waals surface area contributed by atoms with E-state index in [1.54, 1.807) is 6.92 Å². The average molecular weight is 233 g/mol. The summed E-state index contributed by atoms with van der Waals surface area (Å²) in [5, 5.41) is 0. The standard InChI is InChI=1S/C14H19NO2/c1-12(16)14(13-5-3-2-4-6-13)11-15-7-9-17-10-8-15/h2-6,14H,7-11H2,1H3. The molecule has 0 bridgehead atoms. The summed E-state index contributed by atoms with van der Waals surface area (Å²) in [6, 6.07) is 10.0. The number of Topliss-reactive ketones (excluding diaryl/α,β-unsaturated/α-hetero) is 1. The molecule has 1 aromatic carbocycles. The Bertz CT molecular complexity index is 358. The van der Waals surface area contributed by atoms with Gasteiger partial charge < -0.3 is 4.74 Å². The second kappa shape index (κ2) is 5.94. The summed E-state index contributed by atoms with van der Waals surface area (Å²) in [6.07, 6.45) is 0. The van der Waals surface area contributed by atoms with Gasteiger partial charge >= 0.3 is 0 Å². The Morgan fingerprint density at radius 1 is 1.29 bits per heavy atom. The van der Waals surface area contributed by atoms with Crippen LogP contribution in [-0.4, -0.2) is 43.5 Å². The predicted octanol–water partition coefficient (Wildman–Crippen LogP) is 1.69. The molecule has 0 amide bonds. The van der Waals surface area contributed by atoms with Crippen molar-refractivity contribution >= 4 is 5.78 Å². The van der Waals surface area contributed by atoms with Crippen LogP contribution in [0.15, 0.2) is 30.3 Å². The zero-order valence-corrected chi connectivity index (χ0v) is 10.3. The number of carbonyl (C=O) groups is 1. The van der Waals surface area contributed by atoms with E-state index in [1.165, 1.54) is 0 Å². The smallest absolute Gasteiger partial charge is 0.138 e. The molecule has 1 unspecified atom stereocenters. The van der Waals surface area contributed by atoms with Crippen LogP contribution in [0.5, 0.6) is 0 Å². The highest BCUT2D eigenvalue weighted by Crippen LogP contribution is 2.18.